The van der Waals surface area contributed by atoms with E-state index in [1.807, 2.05) is 0 Å². The van der Waals surface area contributed by atoms with E-state index in [0.29, 0.717) is 17.1 Å². The smallest absolute Gasteiger partial charge is 0.387 e. The molecule has 1 unspecified atom stereocenters. The van der Waals surface area contributed by atoms with Crippen LogP contribution in [0.3, 0.4) is 0 Å². The minimum absolute atomic E-state index is 0.0551. The van der Waals surface area contributed by atoms with Gasteiger partial charge >= 0.3 is 6.61 Å². The van der Waals surface area contributed by atoms with Gasteiger partial charge in [0.25, 0.3) is 0 Å². The van der Waals surface area contributed by atoms with Crippen molar-refractivity contribution in [3.8, 4) is 5.75 Å². The van der Waals surface area contributed by atoms with Crippen molar-refractivity contribution in [2.45, 2.75) is 19.2 Å². The Bertz CT molecular complexity index is 527. The van der Waals surface area contributed by atoms with Crippen molar-refractivity contribution in [3.63, 3.8) is 0 Å². The zero-order chi connectivity index (χ0) is 14.0. The average Bonchev–Trinajstić information content (AvgIpc) is 2.34. The Morgan fingerprint density at radius 3 is 2.53 bits per heavy atom. The maximum Gasteiger partial charge on any atom is 0.387 e. The number of ether oxygens (including phenoxy) is 1. The van der Waals surface area contributed by atoms with E-state index < -0.39 is 12.3 Å². The second kappa shape index (κ2) is 4.85. The van der Waals surface area contributed by atoms with Crippen LogP contribution in [0.15, 0.2) is 41.2 Å². The summed E-state index contributed by atoms with van der Waals surface area (Å²) in [7, 11) is 0. The third kappa shape index (κ3) is 2.65. The summed E-state index contributed by atoms with van der Waals surface area (Å²) in [6, 6.07) is 5.91. The first kappa shape index (κ1) is 13.3. The highest BCUT2D eigenvalue weighted by molar-refractivity contribution is 5.82. The van der Waals surface area contributed by atoms with Crippen molar-refractivity contribution < 1.29 is 13.5 Å². The van der Waals surface area contributed by atoms with Gasteiger partial charge in [0.05, 0.1) is 5.70 Å². The highest BCUT2D eigenvalue weighted by atomic mass is 19.3. The number of aliphatic imine (C=N–C) groups is 1. The third-order valence-electron chi connectivity index (χ3n) is 2.74. The third-order valence-corrected chi connectivity index (χ3v) is 2.74. The number of amidine groups is 1. The minimum Gasteiger partial charge on any atom is -0.435 e. The number of nitrogens with one attached hydrogen (secondary N) is 1. The van der Waals surface area contributed by atoms with E-state index in [4.69, 9.17) is 11.5 Å². The Morgan fingerprint density at radius 2 is 1.95 bits per heavy atom. The van der Waals surface area contributed by atoms with Crippen molar-refractivity contribution in [1.82, 2.24) is 5.32 Å². The summed E-state index contributed by atoms with van der Waals surface area (Å²) >= 11 is 0. The van der Waals surface area contributed by atoms with Crippen molar-refractivity contribution >= 4 is 5.84 Å². The SMILES string of the molecule is CC1=NC(N)(c2ccc(OC(F)F)cc2)C(N)=CN1. The van der Waals surface area contributed by atoms with Gasteiger partial charge in [-0.1, -0.05) is 12.1 Å². The van der Waals surface area contributed by atoms with E-state index in [1.165, 1.54) is 12.1 Å². The summed E-state index contributed by atoms with van der Waals surface area (Å²) in [5.41, 5.74) is 11.7. The zero-order valence-electron chi connectivity index (χ0n) is 10.2. The first-order valence-corrected chi connectivity index (χ1v) is 5.55. The molecule has 0 fully saturated rings. The highest BCUT2D eigenvalue weighted by Crippen LogP contribution is 2.28. The molecule has 0 spiro atoms. The van der Waals surface area contributed by atoms with E-state index in [9.17, 15) is 8.78 Å². The summed E-state index contributed by atoms with van der Waals surface area (Å²) in [6.07, 6.45) is 1.56. The molecule has 2 rings (SSSR count). The minimum atomic E-state index is -2.86. The Kier molecular flexibility index (Phi) is 3.39. The molecular formula is C12H14F2N4O. The van der Waals surface area contributed by atoms with E-state index in [1.54, 1.807) is 25.3 Å². The van der Waals surface area contributed by atoms with Crippen molar-refractivity contribution in [3.05, 3.63) is 41.7 Å². The lowest BCUT2D eigenvalue weighted by atomic mass is 9.97. The number of nitrogens with two attached hydrogens (primary N) is 2. The average molecular weight is 268 g/mol. The molecule has 1 aliphatic rings. The van der Waals surface area contributed by atoms with Crippen LogP contribution in [-0.2, 0) is 5.66 Å². The molecule has 5 nitrogen and oxygen atoms in total. The Hall–Kier alpha value is -2.15. The summed E-state index contributed by atoms with van der Waals surface area (Å²) < 4.78 is 28.4. The maximum absolute atomic E-state index is 12.1. The monoisotopic (exact) mass is 268 g/mol. The standard InChI is InChI=1S/C12H14F2N4O/c1-7-17-6-10(15)12(16,18-7)8-2-4-9(5-3-8)19-11(13)14/h2-6,11H,15-16H2,1H3,(H,17,18). The van der Waals surface area contributed by atoms with Gasteiger partial charge in [-0.15, -0.1) is 0 Å². The number of hydrogen-bond donors (Lipinski definition) is 3. The van der Waals surface area contributed by atoms with Crippen molar-refractivity contribution in [2.24, 2.45) is 16.5 Å². The van der Waals surface area contributed by atoms with E-state index >= 15 is 0 Å². The quantitative estimate of drug-likeness (QED) is 0.769. The number of rotatable bonds is 3. The second-order valence-corrected chi connectivity index (χ2v) is 4.11. The van der Waals surface area contributed by atoms with Crippen LogP contribution >= 0.6 is 0 Å². The van der Waals surface area contributed by atoms with E-state index in [2.05, 4.69) is 15.0 Å². The fraction of sp³-hybridized carbons (Fsp3) is 0.250. The number of alkyl halides is 2. The van der Waals surface area contributed by atoms with Crippen LogP contribution in [0, 0.1) is 0 Å². The Balaban J connectivity index is 2.31. The van der Waals surface area contributed by atoms with Gasteiger partial charge in [0, 0.05) is 11.8 Å². The molecule has 0 aliphatic carbocycles. The van der Waals surface area contributed by atoms with Gasteiger partial charge in [-0.2, -0.15) is 8.78 Å². The molecule has 102 valence electrons. The molecule has 1 aromatic carbocycles. The second-order valence-electron chi connectivity index (χ2n) is 4.11. The molecule has 0 saturated heterocycles. The number of hydrogen-bond acceptors (Lipinski definition) is 5. The predicted octanol–water partition coefficient (Wildman–Crippen LogP) is 1.22. The van der Waals surface area contributed by atoms with Gasteiger partial charge in [0.2, 0.25) is 0 Å². The van der Waals surface area contributed by atoms with Crippen LogP contribution in [0.5, 0.6) is 5.75 Å². The topological polar surface area (TPSA) is 85.7 Å². The van der Waals surface area contributed by atoms with Gasteiger partial charge in [0.1, 0.15) is 11.6 Å². The van der Waals surface area contributed by atoms with E-state index in [0.717, 1.165) is 0 Å². The predicted molar refractivity (Wildman–Crippen MR) is 67.5 cm³/mol. The molecule has 19 heavy (non-hydrogen) atoms. The maximum atomic E-state index is 12.1. The molecule has 1 atom stereocenters. The first-order chi connectivity index (χ1) is 8.91. The van der Waals surface area contributed by atoms with Crippen LogP contribution in [0.4, 0.5) is 8.78 Å². The fourth-order valence-electron chi connectivity index (χ4n) is 1.78. The van der Waals surface area contributed by atoms with Crippen molar-refractivity contribution in [1.29, 1.82) is 0 Å². The van der Waals surface area contributed by atoms with Gasteiger partial charge in [0.15, 0.2) is 5.66 Å². The number of halogens is 2. The summed E-state index contributed by atoms with van der Waals surface area (Å²) in [5, 5.41) is 2.85. The van der Waals surface area contributed by atoms with Crippen LogP contribution in [0.25, 0.3) is 0 Å². The summed E-state index contributed by atoms with van der Waals surface area (Å²) in [5.74, 6) is 0.671. The van der Waals surface area contributed by atoms with Gasteiger partial charge in [-0.3, -0.25) is 5.73 Å². The number of benzene rings is 1. The molecule has 0 aromatic heterocycles. The molecule has 1 aromatic rings. The molecule has 1 heterocycles. The Labute approximate surface area is 108 Å². The molecule has 7 heteroatoms. The lowest BCUT2D eigenvalue weighted by Crippen LogP contribution is -2.45. The van der Waals surface area contributed by atoms with Gasteiger partial charge < -0.3 is 15.8 Å². The fourth-order valence-corrected chi connectivity index (χ4v) is 1.78. The Morgan fingerprint density at radius 1 is 1.32 bits per heavy atom. The van der Waals surface area contributed by atoms with Gasteiger partial charge in [-0.05, 0) is 19.1 Å². The van der Waals surface area contributed by atoms with Crippen LogP contribution < -0.4 is 21.5 Å². The van der Waals surface area contributed by atoms with Crippen molar-refractivity contribution in [2.75, 3.05) is 0 Å². The first-order valence-electron chi connectivity index (χ1n) is 5.55. The highest BCUT2D eigenvalue weighted by Gasteiger charge is 2.32. The molecule has 0 radical (unpaired) electrons. The largest absolute Gasteiger partial charge is 0.435 e. The summed E-state index contributed by atoms with van der Waals surface area (Å²) in [6.45, 7) is -1.11. The normalized spacial score (nSPS) is 22.6. The molecule has 0 saturated carbocycles. The number of nitrogens with zero attached hydrogens (tertiary/aromatic N) is 1. The van der Waals surface area contributed by atoms with Crippen LogP contribution in [-0.4, -0.2) is 12.4 Å². The summed E-state index contributed by atoms with van der Waals surface area (Å²) in [4.78, 5) is 4.26. The van der Waals surface area contributed by atoms with Crippen LogP contribution in [0.2, 0.25) is 0 Å². The van der Waals surface area contributed by atoms with E-state index in [-0.39, 0.29) is 5.75 Å². The molecule has 5 N–H and O–H groups in total. The molecule has 0 bridgehead atoms. The molecule has 0 amide bonds. The zero-order valence-corrected chi connectivity index (χ0v) is 10.2. The molecular weight excluding hydrogens is 254 g/mol. The van der Waals surface area contributed by atoms with Gasteiger partial charge in [-0.25, -0.2) is 4.99 Å². The molecule has 1 aliphatic heterocycles. The lowest BCUT2D eigenvalue weighted by Gasteiger charge is -2.30. The lowest BCUT2D eigenvalue weighted by molar-refractivity contribution is -0.0498. The van der Waals surface area contributed by atoms with Crippen LogP contribution in [0.1, 0.15) is 12.5 Å².